The molecule has 0 saturated heterocycles. The number of rotatable bonds is 3. The van der Waals surface area contributed by atoms with Crippen molar-refractivity contribution in [2.45, 2.75) is 0 Å². The minimum absolute atomic E-state index is 0.0976. The van der Waals surface area contributed by atoms with E-state index in [2.05, 4.69) is 26.2 Å². The highest BCUT2D eigenvalue weighted by molar-refractivity contribution is 9.10. The zero-order valence-corrected chi connectivity index (χ0v) is 12.9. The Morgan fingerprint density at radius 3 is 2.82 bits per heavy atom. The van der Waals surface area contributed by atoms with Crippen LogP contribution in [-0.2, 0) is 4.79 Å². The lowest BCUT2D eigenvalue weighted by atomic mass is 10.1. The molecule has 0 atom stereocenters. The van der Waals surface area contributed by atoms with Crippen LogP contribution >= 0.6 is 15.9 Å². The molecule has 7 nitrogen and oxygen atoms in total. The molecule has 1 aromatic heterocycles. The van der Waals surface area contributed by atoms with Gasteiger partial charge in [0, 0.05) is 17.8 Å². The van der Waals surface area contributed by atoms with Gasteiger partial charge in [-0.2, -0.15) is 0 Å². The second kappa shape index (κ2) is 5.30. The van der Waals surface area contributed by atoms with Crippen molar-refractivity contribution in [2.24, 2.45) is 0 Å². The molecule has 0 bridgehead atoms. The van der Waals surface area contributed by atoms with Crippen LogP contribution in [0.15, 0.2) is 28.9 Å². The lowest BCUT2D eigenvalue weighted by molar-refractivity contribution is -0.385. The maximum absolute atomic E-state index is 12.2. The Labute approximate surface area is 133 Å². The molecule has 0 fully saturated rings. The van der Waals surface area contributed by atoms with Crippen molar-refractivity contribution in [3.63, 3.8) is 0 Å². The number of halogens is 1. The fraction of sp³-hybridized carbons (Fsp3) is 0.0714. The van der Waals surface area contributed by atoms with E-state index in [-0.39, 0.29) is 16.1 Å². The Balaban J connectivity index is 2.19. The highest BCUT2D eigenvalue weighted by Crippen LogP contribution is 2.43. The van der Waals surface area contributed by atoms with E-state index in [1.165, 1.54) is 19.2 Å². The van der Waals surface area contributed by atoms with E-state index >= 15 is 0 Å². The SMILES string of the molecule is COc1cc[nH]c1C=C1C(=O)Nc2ccc([N+](=O)[O-])c(Br)c21. The summed E-state index contributed by atoms with van der Waals surface area (Å²) in [6, 6.07) is 4.59. The summed E-state index contributed by atoms with van der Waals surface area (Å²) < 4.78 is 5.45. The van der Waals surface area contributed by atoms with Crippen molar-refractivity contribution in [3.05, 3.63) is 50.2 Å². The van der Waals surface area contributed by atoms with Crippen LogP contribution in [0.2, 0.25) is 0 Å². The minimum Gasteiger partial charge on any atom is -0.495 e. The molecular weight excluding hydrogens is 354 g/mol. The number of anilines is 1. The van der Waals surface area contributed by atoms with Gasteiger partial charge < -0.3 is 15.0 Å². The van der Waals surface area contributed by atoms with Gasteiger partial charge in [0.15, 0.2) is 0 Å². The van der Waals surface area contributed by atoms with Gasteiger partial charge in [0.05, 0.1) is 29.0 Å². The van der Waals surface area contributed by atoms with Gasteiger partial charge in [0.25, 0.3) is 11.6 Å². The minimum atomic E-state index is -0.500. The number of hydrogen-bond acceptors (Lipinski definition) is 4. The molecule has 0 unspecified atom stereocenters. The zero-order chi connectivity index (χ0) is 15.9. The molecular formula is C14H10BrN3O4. The molecule has 0 saturated carbocycles. The number of nitrogens with zero attached hydrogens (tertiary/aromatic N) is 1. The van der Waals surface area contributed by atoms with Crippen LogP contribution in [0.25, 0.3) is 11.6 Å². The summed E-state index contributed by atoms with van der Waals surface area (Å²) in [5, 5.41) is 13.7. The molecule has 2 heterocycles. The molecule has 22 heavy (non-hydrogen) atoms. The molecule has 0 spiro atoms. The van der Waals surface area contributed by atoms with Gasteiger partial charge >= 0.3 is 0 Å². The summed E-state index contributed by atoms with van der Waals surface area (Å²) in [4.78, 5) is 25.7. The van der Waals surface area contributed by atoms with E-state index in [1.807, 2.05) is 0 Å². The van der Waals surface area contributed by atoms with Crippen LogP contribution in [0.5, 0.6) is 5.75 Å². The Morgan fingerprint density at radius 1 is 1.36 bits per heavy atom. The standard InChI is InChI=1S/C14H10BrN3O4/c1-22-11-4-5-16-9(11)6-7-12-8(17-14(7)19)2-3-10(13(12)15)18(20)21/h2-6,16H,1H3,(H,17,19). The molecule has 1 amide bonds. The largest absolute Gasteiger partial charge is 0.495 e. The number of nitro groups is 1. The maximum atomic E-state index is 12.2. The van der Waals surface area contributed by atoms with Crippen LogP contribution < -0.4 is 10.1 Å². The fourth-order valence-electron chi connectivity index (χ4n) is 2.32. The number of aromatic amines is 1. The summed E-state index contributed by atoms with van der Waals surface area (Å²) in [6.07, 6.45) is 3.29. The molecule has 3 rings (SSSR count). The molecule has 0 aliphatic carbocycles. The third kappa shape index (κ3) is 2.17. The van der Waals surface area contributed by atoms with Crippen LogP contribution in [-0.4, -0.2) is 22.9 Å². The van der Waals surface area contributed by atoms with Crippen molar-refractivity contribution >= 4 is 44.9 Å². The number of methoxy groups -OCH3 is 1. The number of fused-ring (bicyclic) bond motifs is 1. The average molecular weight is 364 g/mol. The number of amides is 1. The second-order valence-corrected chi connectivity index (χ2v) is 5.34. The summed E-state index contributed by atoms with van der Waals surface area (Å²) in [7, 11) is 1.52. The van der Waals surface area contributed by atoms with Crippen molar-refractivity contribution in [1.29, 1.82) is 0 Å². The van der Waals surface area contributed by atoms with Gasteiger partial charge in [0.1, 0.15) is 10.2 Å². The number of benzene rings is 1. The molecule has 1 aliphatic rings. The molecule has 1 aromatic carbocycles. The highest BCUT2D eigenvalue weighted by Gasteiger charge is 2.31. The maximum Gasteiger partial charge on any atom is 0.284 e. The number of nitrogens with one attached hydrogen (secondary N) is 2. The quantitative estimate of drug-likeness (QED) is 0.497. The third-order valence-electron chi connectivity index (χ3n) is 3.33. The van der Waals surface area contributed by atoms with E-state index in [0.717, 1.165) is 0 Å². The lowest BCUT2D eigenvalue weighted by Crippen LogP contribution is -2.03. The number of ether oxygens (including phenoxy) is 1. The van der Waals surface area contributed by atoms with Crippen LogP contribution in [0.1, 0.15) is 11.3 Å². The predicted octanol–water partition coefficient (Wildman–Crippen LogP) is 3.19. The van der Waals surface area contributed by atoms with E-state index in [9.17, 15) is 14.9 Å². The summed E-state index contributed by atoms with van der Waals surface area (Å²) in [5.41, 5.74) is 1.83. The first kappa shape index (κ1) is 14.3. The first-order chi connectivity index (χ1) is 10.5. The van der Waals surface area contributed by atoms with Gasteiger partial charge in [0.2, 0.25) is 0 Å². The first-order valence-corrected chi connectivity index (χ1v) is 7.04. The zero-order valence-electron chi connectivity index (χ0n) is 11.3. The van der Waals surface area contributed by atoms with E-state index < -0.39 is 4.92 Å². The fourth-order valence-corrected chi connectivity index (χ4v) is 3.02. The molecule has 2 aromatic rings. The topological polar surface area (TPSA) is 97.3 Å². The monoisotopic (exact) mass is 363 g/mol. The van der Waals surface area contributed by atoms with Gasteiger partial charge in [-0.1, -0.05) is 0 Å². The van der Waals surface area contributed by atoms with Crippen LogP contribution in [0, 0.1) is 10.1 Å². The van der Waals surface area contributed by atoms with Gasteiger partial charge in [-0.15, -0.1) is 0 Å². The van der Waals surface area contributed by atoms with E-state index in [1.54, 1.807) is 18.3 Å². The molecule has 2 N–H and O–H groups in total. The number of hydrogen-bond donors (Lipinski definition) is 2. The van der Waals surface area contributed by atoms with E-state index in [0.29, 0.717) is 28.3 Å². The van der Waals surface area contributed by atoms with Crippen molar-refractivity contribution in [2.75, 3.05) is 12.4 Å². The summed E-state index contributed by atoms with van der Waals surface area (Å²) in [6.45, 7) is 0. The van der Waals surface area contributed by atoms with Gasteiger partial charge in [-0.25, -0.2) is 0 Å². The number of H-pyrrole nitrogens is 1. The molecule has 0 radical (unpaired) electrons. The van der Waals surface area contributed by atoms with Crippen LogP contribution in [0.3, 0.4) is 0 Å². The van der Waals surface area contributed by atoms with Crippen molar-refractivity contribution in [1.82, 2.24) is 4.98 Å². The lowest BCUT2D eigenvalue weighted by Gasteiger charge is -2.03. The molecule has 8 heteroatoms. The highest BCUT2D eigenvalue weighted by atomic mass is 79.9. The number of nitro benzene ring substituents is 1. The van der Waals surface area contributed by atoms with Gasteiger partial charge in [-0.05, 0) is 34.1 Å². The van der Waals surface area contributed by atoms with Crippen molar-refractivity contribution < 1.29 is 14.5 Å². The Bertz CT molecular complexity index is 825. The summed E-state index contributed by atoms with van der Waals surface area (Å²) in [5.74, 6) is 0.253. The Kier molecular flexibility index (Phi) is 3.45. The second-order valence-electron chi connectivity index (χ2n) is 4.55. The normalized spacial score (nSPS) is 14.8. The third-order valence-corrected chi connectivity index (χ3v) is 4.13. The number of carbonyl (C=O) groups excluding carboxylic acids is 1. The first-order valence-electron chi connectivity index (χ1n) is 6.24. The van der Waals surface area contributed by atoms with Gasteiger partial charge in [-0.3, -0.25) is 14.9 Å². The molecule has 1 aliphatic heterocycles. The average Bonchev–Trinajstić information content (AvgIpc) is 3.04. The van der Waals surface area contributed by atoms with Crippen molar-refractivity contribution in [3.8, 4) is 5.75 Å². The predicted molar refractivity (Wildman–Crippen MR) is 84.6 cm³/mol. The summed E-state index contributed by atoms with van der Waals surface area (Å²) >= 11 is 3.22. The number of carbonyl (C=O) groups is 1. The van der Waals surface area contributed by atoms with E-state index in [4.69, 9.17) is 4.74 Å². The van der Waals surface area contributed by atoms with Crippen LogP contribution in [0.4, 0.5) is 11.4 Å². The number of aromatic nitrogens is 1. The molecule has 112 valence electrons. The Hall–Kier alpha value is -2.61. The Morgan fingerprint density at radius 2 is 2.14 bits per heavy atom. The smallest absolute Gasteiger partial charge is 0.284 e.